The molecule has 0 aromatic heterocycles. The molecule has 0 spiro atoms. The molecule has 2 aliphatic rings. The van der Waals surface area contributed by atoms with E-state index in [1.807, 2.05) is 0 Å². The average Bonchev–Trinajstić information content (AvgIpc) is 2.79. The maximum Gasteiger partial charge on any atom is 0.0797 e. The summed E-state index contributed by atoms with van der Waals surface area (Å²) in [6.07, 6.45) is 4.30. The Balaban J connectivity index is 1.72. The Hall–Kier alpha value is -0.160. The van der Waals surface area contributed by atoms with Gasteiger partial charge in [0.2, 0.25) is 0 Å². The molecule has 2 atom stereocenters. The maximum absolute atomic E-state index is 10.5. The Morgan fingerprint density at radius 3 is 2.53 bits per heavy atom. The van der Waals surface area contributed by atoms with Crippen LogP contribution in [0, 0.1) is 5.92 Å². The van der Waals surface area contributed by atoms with Crippen LogP contribution in [0.5, 0.6) is 0 Å². The van der Waals surface area contributed by atoms with Gasteiger partial charge in [-0.2, -0.15) is 0 Å². The van der Waals surface area contributed by atoms with E-state index in [0.717, 1.165) is 32.2 Å². The highest BCUT2D eigenvalue weighted by atomic mass is 16.3. The predicted octanol–water partition coefficient (Wildman–Crippen LogP) is 0.892. The van der Waals surface area contributed by atoms with Crippen molar-refractivity contribution in [1.82, 2.24) is 9.80 Å². The zero-order chi connectivity index (χ0) is 13.9. The third kappa shape index (κ3) is 3.69. The second-order valence-corrected chi connectivity index (χ2v) is 6.66. The fraction of sp³-hybridized carbons (Fsp3) is 1.00. The van der Waals surface area contributed by atoms with E-state index < -0.39 is 5.60 Å². The molecular weight excluding hydrogens is 238 g/mol. The van der Waals surface area contributed by atoms with Crippen molar-refractivity contribution in [1.29, 1.82) is 0 Å². The molecule has 1 heterocycles. The van der Waals surface area contributed by atoms with E-state index in [1.54, 1.807) is 0 Å². The summed E-state index contributed by atoms with van der Waals surface area (Å²) in [6.45, 7) is 10.8. The smallest absolute Gasteiger partial charge is 0.0797 e. The molecule has 0 aromatic rings. The van der Waals surface area contributed by atoms with E-state index in [9.17, 15) is 5.11 Å². The van der Waals surface area contributed by atoms with Gasteiger partial charge in [0.15, 0.2) is 0 Å². The molecule has 1 saturated carbocycles. The highest BCUT2D eigenvalue weighted by Crippen LogP contribution is 2.37. The topological polar surface area (TPSA) is 52.7 Å². The van der Waals surface area contributed by atoms with Crippen LogP contribution in [0.4, 0.5) is 0 Å². The first-order valence-electron chi connectivity index (χ1n) is 7.94. The van der Waals surface area contributed by atoms with Crippen LogP contribution in [0.1, 0.15) is 39.5 Å². The van der Waals surface area contributed by atoms with E-state index >= 15 is 0 Å². The molecule has 1 aliphatic carbocycles. The standard InChI is InChI=1S/C15H31N3O/c1-13(2)18-10-8-17(9-11-18)7-5-14-4-3-6-15(14,19)12-16/h13-14,19H,3-12,16H2,1-2H3. The molecule has 0 amide bonds. The molecule has 2 unspecified atom stereocenters. The maximum atomic E-state index is 10.5. The zero-order valence-corrected chi connectivity index (χ0v) is 12.6. The van der Waals surface area contributed by atoms with Crippen molar-refractivity contribution in [3.63, 3.8) is 0 Å². The van der Waals surface area contributed by atoms with Gasteiger partial charge in [-0.1, -0.05) is 6.42 Å². The summed E-state index contributed by atoms with van der Waals surface area (Å²) in [5.74, 6) is 0.417. The predicted molar refractivity (Wildman–Crippen MR) is 79.1 cm³/mol. The fourth-order valence-corrected chi connectivity index (χ4v) is 3.65. The van der Waals surface area contributed by atoms with Crippen LogP contribution in [0.3, 0.4) is 0 Å². The van der Waals surface area contributed by atoms with Gasteiger partial charge in [0.25, 0.3) is 0 Å². The van der Waals surface area contributed by atoms with Crippen LogP contribution >= 0.6 is 0 Å². The lowest BCUT2D eigenvalue weighted by Gasteiger charge is -2.38. The van der Waals surface area contributed by atoms with E-state index in [2.05, 4.69) is 23.6 Å². The van der Waals surface area contributed by atoms with Crippen molar-refractivity contribution in [2.45, 2.75) is 51.2 Å². The molecular formula is C15H31N3O. The SMILES string of the molecule is CC(C)N1CCN(CCC2CCCC2(O)CN)CC1. The van der Waals surface area contributed by atoms with Crippen LogP contribution in [0.25, 0.3) is 0 Å². The van der Waals surface area contributed by atoms with Crippen molar-refractivity contribution in [3.8, 4) is 0 Å². The van der Waals surface area contributed by atoms with Crippen molar-refractivity contribution in [2.24, 2.45) is 11.7 Å². The second kappa shape index (κ2) is 6.53. The number of nitrogens with zero attached hydrogens (tertiary/aromatic N) is 2. The molecule has 19 heavy (non-hydrogen) atoms. The number of piperazine rings is 1. The molecule has 0 radical (unpaired) electrons. The van der Waals surface area contributed by atoms with Crippen molar-refractivity contribution < 1.29 is 5.11 Å². The van der Waals surface area contributed by atoms with Gasteiger partial charge in [-0.25, -0.2) is 0 Å². The largest absolute Gasteiger partial charge is 0.388 e. The lowest BCUT2D eigenvalue weighted by molar-refractivity contribution is 0.00213. The fourth-order valence-electron chi connectivity index (χ4n) is 3.65. The van der Waals surface area contributed by atoms with Gasteiger partial charge in [0.1, 0.15) is 0 Å². The van der Waals surface area contributed by atoms with E-state index in [4.69, 9.17) is 5.73 Å². The first-order chi connectivity index (χ1) is 9.05. The minimum Gasteiger partial charge on any atom is -0.388 e. The van der Waals surface area contributed by atoms with Crippen LogP contribution in [0.15, 0.2) is 0 Å². The van der Waals surface area contributed by atoms with Gasteiger partial charge < -0.3 is 15.7 Å². The summed E-state index contributed by atoms with van der Waals surface area (Å²) in [5, 5.41) is 10.5. The number of hydrogen-bond acceptors (Lipinski definition) is 4. The normalized spacial score (nSPS) is 34.3. The second-order valence-electron chi connectivity index (χ2n) is 6.66. The minimum atomic E-state index is -0.570. The monoisotopic (exact) mass is 269 g/mol. The lowest BCUT2D eigenvalue weighted by Crippen LogP contribution is -2.49. The van der Waals surface area contributed by atoms with Gasteiger partial charge in [0, 0.05) is 38.8 Å². The van der Waals surface area contributed by atoms with Gasteiger partial charge in [-0.15, -0.1) is 0 Å². The number of hydrogen-bond donors (Lipinski definition) is 2. The Kier molecular flexibility index (Phi) is 5.23. The Morgan fingerprint density at radius 1 is 1.26 bits per heavy atom. The van der Waals surface area contributed by atoms with Gasteiger partial charge in [-0.05, 0) is 45.6 Å². The van der Waals surface area contributed by atoms with Crippen LogP contribution in [-0.4, -0.2) is 65.8 Å². The Morgan fingerprint density at radius 2 is 1.95 bits per heavy atom. The average molecular weight is 269 g/mol. The third-order valence-electron chi connectivity index (χ3n) is 5.21. The summed E-state index contributed by atoms with van der Waals surface area (Å²) in [6, 6.07) is 0.666. The van der Waals surface area contributed by atoms with Crippen LogP contribution < -0.4 is 5.73 Å². The van der Waals surface area contributed by atoms with Crippen molar-refractivity contribution in [3.05, 3.63) is 0 Å². The van der Waals surface area contributed by atoms with Gasteiger partial charge in [-0.3, -0.25) is 4.90 Å². The molecule has 2 rings (SSSR count). The van der Waals surface area contributed by atoms with Crippen LogP contribution in [-0.2, 0) is 0 Å². The highest BCUT2D eigenvalue weighted by molar-refractivity contribution is 4.93. The Bertz CT molecular complexity index is 277. The van der Waals surface area contributed by atoms with E-state index in [1.165, 1.54) is 26.2 Å². The molecule has 1 saturated heterocycles. The molecule has 1 aliphatic heterocycles. The van der Waals surface area contributed by atoms with Crippen molar-refractivity contribution >= 4 is 0 Å². The van der Waals surface area contributed by atoms with E-state index in [0.29, 0.717) is 18.5 Å². The molecule has 2 fully saturated rings. The summed E-state index contributed by atoms with van der Waals surface area (Å²) in [5.41, 5.74) is 5.18. The highest BCUT2D eigenvalue weighted by Gasteiger charge is 2.39. The Labute approximate surface area is 117 Å². The molecule has 4 heteroatoms. The molecule has 112 valence electrons. The summed E-state index contributed by atoms with van der Waals surface area (Å²) in [7, 11) is 0. The number of aliphatic hydroxyl groups is 1. The first-order valence-corrected chi connectivity index (χ1v) is 7.94. The third-order valence-corrected chi connectivity index (χ3v) is 5.21. The van der Waals surface area contributed by atoms with Crippen molar-refractivity contribution in [2.75, 3.05) is 39.3 Å². The molecule has 0 bridgehead atoms. The minimum absolute atomic E-state index is 0.417. The quantitative estimate of drug-likeness (QED) is 0.778. The summed E-state index contributed by atoms with van der Waals surface area (Å²) in [4.78, 5) is 5.09. The zero-order valence-electron chi connectivity index (χ0n) is 12.6. The summed E-state index contributed by atoms with van der Waals surface area (Å²) >= 11 is 0. The van der Waals surface area contributed by atoms with Gasteiger partial charge in [0.05, 0.1) is 5.60 Å². The number of rotatable bonds is 5. The number of nitrogens with two attached hydrogens (primary N) is 1. The molecule has 3 N–H and O–H groups in total. The first kappa shape index (κ1) is 15.2. The lowest BCUT2D eigenvalue weighted by atomic mass is 9.88. The van der Waals surface area contributed by atoms with Crippen LogP contribution in [0.2, 0.25) is 0 Å². The van der Waals surface area contributed by atoms with Gasteiger partial charge >= 0.3 is 0 Å². The summed E-state index contributed by atoms with van der Waals surface area (Å²) < 4.78 is 0. The molecule has 4 nitrogen and oxygen atoms in total. The molecule has 0 aromatic carbocycles. The van der Waals surface area contributed by atoms with E-state index in [-0.39, 0.29) is 0 Å².